The molecule has 1 nitrogen and oxygen atoms in total. The molecule has 9 heavy (non-hydrogen) atoms. The van der Waals surface area contributed by atoms with E-state index in [1.165, 1.54) is 36.2 Å². The van der Waals surface area contributed by atoms with Crippen LogP contribution in [0.5, 0.6) is 0 Å². The first-order chi connectivity index (χ1) is 3.91. The van der Waals surface area contributed by atoms with Crippen LogP contribution in [-0.4, -0.2) is 5.48 Å². The van der Waals surface area contributed by atoms with E-state index in [-0.39, 0.29) is 5.48 Å². The van der Waals surface area contributed by atoms with E-state index in [4.69, 9.17) is 0 Å². The average Bonchev–Trinajstić information content (AvgIpc) is 1.81. The molecule has 0 heterocycles. The summed E-state index contributed by atoms with van der Waals surface area (Å²) in [6.07, 6.45) is 7.22. The van der Waals surface area contributed by atoms with Crippen molar-refractivity contribution < 1.29 is 30.2 Å². The quantitative estimate of drug-likeness (QED) is 0.638. The van der Waals surface area contributed by atoms with Gasteiger partial charge in [-0.3, -0.25) is 0 Å². The molecule has 0 rings (SSSR count). The van der Waals surface area contributed by atoms with Crippen molar-refractivity contribution >= 4 is 0 Å². The van der Waals surface area contributed by atoms with Gasteiger partial charge in [-0.15, -0.1) is 0 Å². The normalized spacial score (nSPS) is 8.44. The van der Waals surface area contributed by atoms with Crippen LogP contribution < -0.4 is 0 Å². The first-order valence-corrected chi connectivity index (χ1v) is 5.30. The van der Waals surface area contributed by atoms with Crippen molar-refractivity contribution in [3.8, 4) is 0 Å². The smallest absolute Gasteiger partial charge is 0.870 e. The third kappa shape index (κ3) is 12.1. The van der Waals surface area contributed by atoms with Crippen molar-refractivity contribution in [3.05, 3.63) is 0 Å². The number of unbranched alkanes of at least 4 members (excludes halogenated alkanes) is 4. The van der Waals surface area contributed by atoms with Gasteiger partial charge in [0.15, 0.2) is 0 Å². The van der Waals surface area contributed by atoms with Gasteiger partial charge >= 0.3 is 67.9 Å². The van der Waals surface area contributed by atoms with Crippen molar-refractivity contribution in [3.63, 3.8) is 0 Å². The van der Waals surface area contributed by atoms with Crippen LogP contribution in [0.1, 0.15) is 39.0 Å². The Balaban J connectivity index is 0. The van der Waals surface area contributed by atoms with Crippen molar-refractivity contribution in [1.29, 1.82) is 0 Å². The maximum Gasteiger partial charge on any atom is -0.870 e. The minimum atomic E-state index is 0. The van der Waals surface area contributed by atoms with E-state index >= 15 is 0 Å². The Labute approximate surface area is 73.4 Å². The van der Waals surface area contributed by atoms with E-state index in [2.05, 4.69) is 6.92 Å². The second-order valence-corrected chi connectivity index (χ2v) is 3.39. The molecule has 0 aromatic carbocycles. The monoisotopic (exact) mass is 206 g/mol. The Kier molecular flexibility index (Phi) is 16.2. The van der Waals surface area contributed by atoms with Gasteiger partial charge in [0.05, 0.1) is 0 Å². The van der Waals surface area contributed by atoms with Crippen molar-refractivity contribution in [2.45, 2.75) is 43.2 Å². The van der Waals surface area contributed by atoms with Gasteiger partial charge in [-0.25, -0.2) is 0 Å². The summed E-state index contributed by atoms with van der Waals surface area (Å²) in [7, 11) is 0. The van der Waals surface area contributed by atoms with Gasteiger partial charge in [0.25, 0.3) is 0 Å². The summed E-state index contributed by atoms with van der Waals surface area (Å²) >= 11 is 1.71. The topological polar surface area (TPSA) is 30.0 Å². The molecule has 0 amide bonds. The molecule has 0 aromatic rings. The largest absolute Gasteiger partial charge is 0.870 e. The van der Waals surface area contributed by atoms with Crippen molar-refractivity contribution in [1.82, 2.24) is 0 Å². The van der Waals surface area contributed by atoms with Gasteiger partial charge in [-0.1, -0.05) is 0 Å². The van der Waals surface area contributed by atoms with E-state index in [1.54, 1.807) is 24.7 Å². The SMILES string of the molecule is CCCCCC[CH2][Zr+].[OH-]. The van der Waals surface area contributed by atoms with E-state index < -0.39 is 0 Å². The maximum absolute atomic E-state index is 2.26. The molecule has 0 aliphatic heterocycles. The van der Waals surface area contributed by atoms with Crippen LogP contribution in [-0.2, 0) is 24.7 Å². The molecule has 0 aromatic heterocycles. The standard InChI is InChI=1S/C7H15.H2O.Zr/c1-3-5-7-6-4-2;;/h1,3-7H2,2H3;1H2;/q;;+1/p-1. The van der Waals surface area contributed by atoms with E-state index in [0.29, 0.717) is 0 Å². The first kappa shape index (κ1) is 12.5. The Hall–Kier alpha value is 0.843. The zero-order valence-electron chi connectivity index (χ0n) is 6.19. The van der Waals surface area contributed by atoms with Gasteiger partial charge in [0.2, 0.25) is 0 Å². The first-order valence-electron chi connectivity index (χ1n) is 3.56. The number of rotatable bonds is 5. The summed E-state index contributed by atoms with van der Waals surface area (Å²) in [6, 6.07) is 0. The molecule has 0 bridgehead atoms. The van der Waals surface area contributed by atoms with Gasteiger partial charge < -0.3 is 5.48 Å². The van der Waals surface area contributed by atoms with Crippen molar-refractivity contribution in [2.75, 3.05) is 0 Å². The molecule has 2 heteroatoms. The molecule has 0 saturated heterocycles. The Morgan fingerprint density at radius 3 is 2.00 bits per heavy atom. The van der Waals surface area contributed by atoms with Crippen LogP contribution in [0.3, 0.4) is 0 Å². The van der Waals surface area contributed by atoms with Gasteiger partial charge in [-0.2, -0.15) is 0 Å². The van der Waals surface area contributed by atoms with Gasteiger partial charge in [0.1, 0.15) is 0 Å². The summed E-state index contributed by atoms with van der Waals surface area (Å²) in [5, 5.41) is 0. The fourth-order valence-corrected chi connectivity index (χ4v) is 1.34. The van der Waals surface area contributed by atoms with Crippen LogP contribution >= 0.6 is 0 Å². The minimum Gasteiger partial charge on any atom is -0.870 e. The van der Waals surface area contributed by atoms with E-state index in [1.807, 2.05) is 0 Å². The number of hydrogen-bond donors (Lipinski definition) is 0. The molecule has 0 atom stereocenters. The third-order valence-electron chi connectivity index (χ3n) is 1.28. The third-order valence-corrected chi connectivity index (χ3v) is 2.15. The summed E-state index contributed by atoms with van der Waals surface area (Å²) in [5.74, 6) is 0. The zero-order valence-corrected chi connectivity index (χ0v) is 8.65. The maximum atomic E-state index is 2.26. The summed E-state index contributed by atoms with van der Waals surface area (Å²) in [4.78, 5) is 0. The molecular formula is C7H16OZr. The fourth-order valence-electron chi connectivity index (χ4n) is 0.729. The average molecular weight is 207 g/mol. The molecule has 0 spiro atoms. The van der Waals surface area contributed by atoms with E-state index in [0.717, 1.165) is 0 Å². The molecule has 1 N–H and O–H groups in total. The molecule has 0 saturated carbocycles. The molecule has 0 aliphatic rings. The van der Waals surface area contributed by atoms with Gasteiger partial charge in [0, 0.05) is 0 Å². The van der Waals surface area contributed by atoms with Crippen LogP contribution in [0.4, 0.5) is 0 Å². The molecule has 0 unspecified atom stereocenters. The minimum absolute atomic E-state index is 0. The zero-order chi connectivity index (χ0) is 6.24. The summed E-state index contributed by atoms with van der Waals surface area (Å²) < 4.78 is 1.45. The Morgan fingerprint density at radius 1 is 1.00 bits per heavy atom. The fraction of sp³-hybridized carbons (Fsp3) is 1.00. The second kappa shape index (κ2) is 11.6. The Bertz CT molecular complexity index is 33.9. The molecular weight excluding hydrogens is 191 g/mol. The Morgan fingerprint density at radius 2 is 1.56 bits per heavy atom. The summed E-state index contributed by atoms with van der Waals surface area (Å²) in [6.45, 7) is 2.26. The molecule has 54 valence electrons. The van der Waals surface area contributed by atoms with Crippen LogP contribution in [0.2, 0.25) is 4.13 Å². The van der Waals surface area contributed by atoms with Crippen LogP contribution in [0.25, 0.3) is 0 Å². The predicted molar refractivity (Wildman–Crippen MR) is 35.5 cm³/mol. The predicted octanol–water partition coefficient (Wildman–Crippen LogP) is 2.75. The molecule has 0 aliphatic carbocycles. The van der Waals surface area contributed by atoms with Crippen LogP contribution in [0.15, 0.2) is 0 Å². The van der Waals surface area contributed by atoms with Gasteiger partial charge in [-0.05, 0) is 0 Å². The molecule has 0 fully saturated rings. The second-order valence-electron chi connectivity index (χ2n) is 2.16. The van der Waals surface area contributed by atoms with Crippen LogP contribution in [0, 0.1) is 0 Å². The van der Waals surface area contributed by atoms with E-state index in [9.17, 15) is 0 Å². The molecule has 0 radical (unpaired) electrons. The number of hydrogen-bond acceptors (Lipinski definition) is 1. The van der Waals surface area contributed by atoms with Crippen molar-refractivity contribution in [2.24, 2.45) is 0 Å². The summed E-state index contributed by atoms with van der Waals surface area (Å²) in [5.41, 5.74) is 0.